The van der Waals surface area contributed by atoms with Crippen molar-refractivity contribution in [1.29, 1.82) is 0 Å². The molecular formula is C28H26N4O6. The van der Waals surface area contributed by atoms with Crippen molar-refractivity contribution in [1.82, 2.24) is 4.98 Å². The molecule has 1 aliphatic rings. The lowest BCUT2D eigenvalue weighted by atomic mass is 10.0. The van der Waals surface area contributed by atoms with E-state index in [0.717, 1.165) is 29.5 Å². The van der Waals surface area contributed by atoms with Gasteiger partial charge in [-0.05, 0) is 67.3 Å². The first kappa shape index (κ1) is 24.8. The van der Waals surface area contributed by atoms with E-state index in [-0.39, 0.29) is 11.7 Å². The Morgan fingerprint density at radius 2 is 1.82 bits per heavy atom. The van der Waals surface area contributed by atoms with Crippen molar-refractivity contribution in [2.75, 3.05) is 31.0 Å². The topological polar surface area (TPSA) is 116 Å². The Labute approximate surface area is 218 Å². The number of pyridine rings is 1. The summed E-state index contributed by atoms with van der Waals surface area (Å²) in [5.74, 6) is 2.42. The Morgan fingerprint density at radius 1 is 1.03 bits per heavy atom. The predicted molar refractivity (Wildman–Crippen MR) is 144 cm³/mol. The number of urea groups is 1. The van der Waals surface area contributed by atoms with Crippen molar-refractivity contribution in [3.8, 4) is 23.0 Å². The summed E-state index contributed by atoms with van der Waals surface area (Å²) >= 11 is 0. The standard InChI is InChI=1S/C28H26N4O6/c1-17-13-19(32(34)35)6-8-22(17)30-28(33)31-12-4-5-18-14-20(7-9-24(18)31)38-25-10-11-29-23-16-27(37-3)26(36-2)15-21(23)25/h6-11,13-16H,4-5,12H2,1-3H3,(H,30,33). The number of aryl methyl sites for hydroxylation is 2. The molecule has 194 valence electrons. The molecule has 0 unspecified atom stereocenters. The molecule has 0 atom stereocenters. The lowest BCUT2D eigenvalue weighted by molar-refractivity contribution is -0.384. The van der Waals surface area contributed by atoms with Gasteiger partial charge in [-0.1, -0.05) is 0 Å². The number of benzene rings is 3. The van der Waals surface area contributed by atoms with Crippen LogP contribution in [0.2, 0.25) is 0 Å². The molecular weight excluding hydrogens is 488 g/mol. The number of nitrogens with one attached hydrogen (secondary N) is 1. The molecule has 0 fully saturated rings. The van der Waals surface area contributed by atoms with Crippen LogP contribution in [0.25, 0.3) is 10.9 Å². The van der Waals surface area contributed by atoms with E-state index in [1.54, 1.807) is 50.4 Å². The summed E-state index contributed by atoms with van der Waals surface area (Å²) in [4.78, 5) is 29.8. The maximum atomic E-state index is 13.2. The molecule has 0 bridgehead atoms. The number of rotatable bonds is 6. The lowest BCUT2D eigenvalue weighted by Crippen LogP contribution is -2.38. The molecule has 2 amide bonds. The first-order valence-electron chi connectivity index (χ1n) is 12.0. The summed E-state index contributed by atoms with van der Waals surface area (Å²) in [6.45, 7) is 2.28. The van der Waals surface area contributed by atoms with E-state index in [1.165, 1.54) is 12.1 Å². The van der Waals surface area contributed by atoms with Gasteiger partial charge in [-0.25, -0.2) is 4.79 Å². The number of nitrogens with zero attached hydrogens (tertiary/aromatic N) is 3. The van der Waals surface area contributed by atoms with Gasteiger partial charge in [0.25, 0.3) is 5.69 Å². The summed E-state index contributed by atoms with van der Waals surface area (Å²) in [5, 5.41) is 14.7. The van der Waals surface area contributed by atoms with Crippen molar-refractivity contribution < 1.29 is 23.9 Å². The van der Waals surface area contributed by atoms with Gasteiger partial charge in [0.15, 0.2) is 11.5 Å². The SMILES string of the molecule is COc1cc2nccc(Oc3ccc4c(c3)CCCN4C(=O)Nc3ccc([N+](=O)[O-])cc3C)c2cc1OC. The van der Waals surface area contributed by atoms with Gasteiger partial charge in [0.1, 0.15) is 11.5 Å². The van der Waals surface area contributed by atoms with E-state index in [1.807, 2.05) is 24.3 Å². The fraction of sp³-hybridized carbons (Fsp3) is 0.214. The monoisotopic (exact) mass is 514 g/mol. The van der Waals surface area contributed by atoms with Crippen molar-refractivity contribution in [3.05, 3.63) is 82.0 Å². The van der Waals surface area contributed by atoms with Gasteiger partial charge in [-0.15, -0.1) is 0 Å². The molecule has 0 radical (unpaired) electrons. The van der Waals surface area contributed by atoms with Crippen LogP contribution in [0.3, 0.4) is 0 Å². The number of methoxy groups -OCH3 is 2. The van der Waals surface area contributed by atoms with E-state index in [4.69, 9.17) is 14.2 Å². The van der Waals surface area contributed by atoms with E-state index in [0.29, 0.717) is 46.3 Å². The first-order valence-corrected chi connectivity index (χ1v) is 12.0. The highest BCUT2D eigenvalue weighted by Crippen LogP contribution is 2.38. The summed E-state index contributed by atoms with van der Waals surface area (Å²) in [6, 6.07) is 15.2. The zero-order valence-corrected chi connectivity index (χ0v) is 21.2. The Hall–Kier alpha value is -4.86. The predicted octanol–water partition coefficient (Wildman–Crippen LogP) is 6.25. The van der Waals surface area contributed by atoms with E-state index < -0.39 is 4.92 Å². The third-order valence-electron chi connectivity index (χ3n) is 6.51. The molecule has 10 nitrogen and oxygen atoms in total. The number of carbonyl (C=O) groups excluding carboxylic acids is 1. The normalized spacial score (nSPS) is 12.6. The van der Waals surface area contributed by atoms with Gasteiger partial charge in [-0.3, -0.25) is 20.0 Å². The second kappa shape index (κ2) is 10.3. The van der Waals surface area contributed by atoms with Crippen molar-refractivity contribution >= 4 is 34.0 Å². The minimum Gasteiger partial charge on any atom is -0.493 e. The zero-order chi connectivity index (χ0) is 26.8. The molecule has 0 spiro atoms. The van der Waals surface area contributed by atoms with Crippen molar-refractivity contribution in [3.63, 3.8) is 0 Å². The fourth-order valence-corrected chi connectivity index (χ4v) is 4.60. The van der Waals surface area contributed by atoms with Gasteiger partial charge in [-0.2, -0.15) is 0 Å². The summed E-state index contributed by atoms with van der Waals surface area (Å²) in [7, 11) is 3.16. The average molecular weight is 515 g/mol. The van der Waals surface area contributed by atoms with Crippen LogP contribution in [0.1, 0.15) is 17.5 Å². The number of amides is 2. The van der Waals surface area contributed by atoms with Crippen LogP contribution in [0, 0.1) is 17.0 Å². The Bertz CT molecular complexity index is 1550. The number of hydrogen-bond acceptors (Lipinski definition) is 7. The van der Waals surface area contributed by atoms with Crippen LogP contribution in [-0.4, -0.2) is 36.7 Å². The van der Waals surface area contributed by atoms with Crippen LogP contribution >= 0.6 is 0 Å². The molecule has 0 saturated heterocycles. The molecule has 5 rings (SSSR count). The number of nitro benzene ring substituents is 1. The lowest BCUT2D eigenvalue weighted by Gasteiger charge is -2.30. The minimum absolute atomic E-state index is 0.0177. The Kier molecular flexibility index (Phi) is 6.69. The molecule has 1 aliphatic heterocycles. The fourth-order valence-electron chi connectivity index (χ4n) is 4.60. The highest BCUT2D eigenvalue weighted by molar-refractivity contribution is 6.03. The van der Waals surface area contributed by atoms with Crippen LogP contribution in [0.15, 0.2) is 60.8 Å². The van der Waals surface area contributed by atoms with Crippen molar-refractivity contribution in [2.45, 2.75) is 19.8 Å². The Balaban J connectivity index is 1.39. The third-order valence-corrected chi connectivity index (χ3v) is 6.51. The maximum Gasteiger partial charge on any atom is 0.326 e. The minimum atomic E-state index is -0.457. The molecule has 38 heavy (non-hydrogen) atoms. The van der Waals surface area contributed by atoms with E-state index in [2.05, 4.69) is 10.3 Å². The van der Waals surface area contributed by atoms with Gasteiger partial charge in [0, 0.05) is 47.7 Å². The average Bonchev–Trinajstić information content (AvgIpc) is 2.92. The molecule has 1 aromatic heterocycles. The number of aromatic nitrogens is 1. The first-order chi connectivity index (χ1) is 18.4. The van der Waals surface area contributed by atoms with Crippen LogP contribution in [-0.2, 0) is 6.42 Å². The number of nitro groups is 1. The number of hydrogen-bond donors (Lipinski definition) is 1. The van der Waals surface area contributed by atoms with Gasteiger partial charge >= 0.3 is 6.03 Å². The number of carbonyl (C=O) groups is 1. The molecule has 4 aromatic rings. The van der Waals surface area contributed by atoms with Crippen LogP contribution in [0.5, 0.6) is 23.0 Å². The highest BCUT2D eigenvalue weighted by atomic mass is 16.6. The summed E-state index contributed by atoms with van der Waals surface area (Å²) < 4.78 is 17.1. The summed E-state index contributed by atoms with van der Waals surface area (Å²) in [6.07, 6.45) is 3.27. The van der Waals surface area contributed by atoms with E-state index >= 15 is 0 Å². The van der Waals surface area contributed by atoms with Gasteiger partial charge in [0.2, 0.25) is 0 Å². The second-order valence-electron chi connectivity index (χ2n) is 8.87. The van der Waals surface area contributed by atoms with Gasteiger partial charge in [0.05, 0.1) is 24.7 Å². The molecule has 0 saturated carbocycles. The van der Waals surface area contributed by atoms with Crippen LogP contribution < -0.4 is 24.4 Å². The maximum absolute atomic E-state index is 13.2. The van der Waals surface area contributed by atoms with E-state index in [9.17, 15) is 14.9 Å². The molecule has 2 heterocycles. The highest BCUT2D eigenvalue weighted by Gasteiger charge is 2.24. The molecule has 0 aliphatic carbocycles. The largest absolute Gasteiger partial charge is 0.493 e. The zero-order valence-electron chi connectivity index (χ0n) is 21.2. The second-order valence-corrected chi connectivity index (χ2v) is 8.87. The number of non-ortho nitro benzene ring substituents is 1. The summed E-state index contributed by atoms with van der Waals surface area (Å²) in [5.41, 5.74) is 3.63. The molecule has 10 heteroatoms. The van der Waals surface area contributed by atoms with Crippen LogP contribution in [0.4, 0.5) is 21.9 Å². The number of anilines is 2. The number of ether oxygens (including phenoxy) is 3. The van der Waals surface area contributed by atoms with Gasteiger partial charge < -0.3 is 19.5 Å². The third kappa shape index (κ3) is 4.75. The number of fused-ring (bicyclic) bond motifs is 2. The van der Waals surface area contributed by atoms with Crippen molar-refractivity contribution in [2.24, 2.45) is 0 Å². The molecule has 1 N–H and O–H groups in total. The molecule has 3 aromatic carbocycles. The Morgan fingerprint density at radius 3 is 2.55 bits per heavy atom. The quantitative estimate of drug-likeness (QED) is 0.239. The smallest absolute Gasteiger partial charge is 0.326 e.